The van der Waals surface area contributed by atoms with E-state index in [1.54, 1.807) is 0 Å². The van der Waals surface area contributed by atoms with Crippen molar-refractivity contribution < 1.29 is 37.9 Å². The summed E-state index contributed by atoms with van der Waals surface area (Å²) in [6, 6.07) is 39.2. The third-order valence-electron chi connectivity index (χ3n) is 13.3. The van der Waals surface area contributed by atoms with Gasteiger partial charge in [0.2, 0.25) is 0 Å². The van der Waals surface area contributed by atoms with Crippen LogP contribution in [0, 0.1) is 11.3 Å². The Morgan fingerprint density at radius 3 is 1.34 bits per heavy atom. The van der Waals surface area contributed by atoms with Crippen LogP contribution < -0.4 is 23.7 Å². The molecule has 0 N–H and O–H groups in total. The van der Waals surface area contributed by atoms with Crippen molar-refractivity contribution in [3.05, 3.63) is 137 Å². The molecule has 3 saturated heterocycles. The van der Waals surface area contributed by atoms with E-state index in [0.717, 1.165) is 101 Å². The smallest absolute Gasteiger partial charge is 0.142 e. The van der Waals surface area contributed by atoms with Gasteiger partial charge in [-0.2, -0.15) is 5.26 Å². The van der Waals surface area contributed by atoms with E-state index in [4.69, 9.17) is 37.9 Å². The van der Waals surface area contributed by atoms with Crippen molar-refractivity contribution in [2.45, 2.75) is 115 Å². The molecule has 0 amide bonds. The number of benzene rings is 6. The molecule has 64 heavy (non-hydrogen) atoms. The summed E-state index contributed by atoms with van der Waals surface area (Å²) in [5.74, 6) is 4.02. The summed E-state index contributed by atoms with van der Waals surface area (Å²) in [7, 11) is 0. The van der Waals surface area contributed by atoms with Crippen molar-refractivity contribution in [1.29, 1.82) is 5.26 Å². The molecular weight excluding hydrogens is 803 g/mol. The van der Waals surface area contributed by atoms with Gasteiger partial charge in [0.25, 0.3) is 0 Å². The standard InChI is InChI=1S/C55H59NO8/c1-52(2,61-45-17-14-38-24-37(30-56)9-12-39(38)26-45)54(5,6)63-50-19-10-35(22-42(50)28-47-31-58-47)21-36-11-20-51(43(23-36)29-48-32-59-48)64-55(7,8)53(3,4)62-46-18-15-40-25-44(16-13-41(40)27-46)57-33-49-34-60-49/h9-20,22-27,47-49H,21,28-29,31-34H2,1-8H3. The van der Waals surface area contributed by atoms with Crippen molar-refractivity contribution in [2.75, 3.05) is 26.4 Å². The molecule has 3 aliphatic rings. The molecule has 6 aromatic carbocycles. The Hall–Kier alpha value is -5.79. The molecule has 3 aliphatic heterocycles. The van der Waals surface area contributed by atoms with E-state index >= 15 is 0 Å². The van der Waals surface area contributed by atoms with E-state index in [-0.39, 0.29) is 18.3 Å². The second-order valence-corrected chi connectivity index (χ2v) is 19.6. The van der Waals surface area contributed by atoms with Crippen molar-refractivity contribution in [1.82, 2.24) is 0 Å². The minimum atomic E-state index is -0.711. The van der Waals surface area contributed by atoms with Crippen LogP contribution in [-0.2, 0) is 33.5 Å². The van der Waals surface area contributed by atoms with Crippen LogP contribution in [0.2, 0.25) is 0 Å². The van der Waals surface area contributed by atoms with Gasteiger partial charge in [0, 0.05) is 12.8 Å². The predicted octanol–water partition coefficient (Wildman–Crippen LogP) is 11.1. The highest BCUT2D eigenvalue weighted by atomic mass is 16.6. The molecule has 0 radical (unpaired) electrons. The number of nitriles is 1. The third kappa shape index (κ3) is 10.1. The second-order valence-electron chi connectivity index (χ2n) is 19.6. The molecule has 9 rings (SSSR count). The monoisotopic (exact) mass is 861 g/mol. The summed E-state index contributed by atoms with van der Waals surface area (Å²) < 4.78 is 49.8. The lowest BCUT2D eigenvalue weighted by Crippen LogP contribution is -2.53. The molecule has 3 unspecified atom stereocenters. The number of epoxide rings is 3. The highest BCUT2D eigenvalue weighted by Gasteiger charge is 2.44. The fourth-order valence-corrected chi connectivity index (χ4v) is 7.80. The number of nitrogens with zero attached hydrogens (tertiary/aromatic N) is 1. The van der Waals surface area contributed by atoms with Gasteiger partial charge in [-0.25, -0.2) is 0 Å². The van der Waals surface area contributed by atoms with Crippen LogP contribution in [0.5, 0.6) is 28.7 Å². The number of ether oxygens (including phenoxy) is 8. The van der Waals surface area contributed by atoms with E-state index in [1.165, 1.54) is 11.1 Å². The lowest BCUT2D eigenvalue weighted by atomic mass is 9.88. The van der Waals surface area contributed by atoms with Crippen LogP contribution in [-0.4, -0.2) is 67.1 Å². The van der Waals surface area contributed by atoms with Crippen LogP contribution in [0.4, 0.5) is 0 Å². The van der Waals surface area contributed by atoms with Gasteiger partial charge < -0.3 is 37.9 Å². The summed E-state index contributed by atoms with van der Waals surface area (Å²) in [6.07, 6.45) is 2.88. The predicted molar refractivity (Wildman–Crippen MR) is 249 cm³/mol. The molecule has 0 spiro atoms. The Kier molecular flexibility index (Phi) is 11.5. The number of hydrogen-bond acceptors (Lipinski definition) is 9. The normalized spacial score (nSPS) is 18.3. The first-order valence-corrected chi connectivity index (χ1v) is 22.5. The van der Waals surface area contributed by atoms with Crippen molar-refractivity contribution in [3.8, 4) is 34.8 Å². The summed E-state index contributed by atoms with van der Waals surface area (Å²) >= 11 is 0. The lowest BCUT2D eigenvalue weighted by Gasteiger charge is -2.42. The lowest BCUT2D eigenvalue weighted by molar-refractivity contribution is -0.0735. The Balaban J connectivity index is 0.888. The fraction of sp³-hybridized carbons (Fsp3) is 0.400. The van der Waals surface area contributed by atoms with Gasteiger partial charge in [-0.15, -0.1) is 0 Å². The van der Waals surface area contributed by atoms with Gasteiger partial charge >= 0.3 is 0 Å². The van der Waals surface area contributed by atoms with E-state index in [1.807, 2.05) is 48.5 Å². The van der Waals surface area contributed by atoms with Crippen LogP contribution in [0.15, 0.2) is 109 Å². The molecule has 3 atom stereocenters. The fourth-order valence-electron chi connectivity index (χ4n) is 7.80. The topological polar surface area (TPSA) is 108 Å². The molecule has 332 valence electrons. The van der Waals surface area contributed by atoms with Crippen molar-refractivity contribution >= 4 is 21.5 Å². The van der Waals surface area contributed by atoms with Gasteiger partial charge in [0.1, 0.15) is 63.9 Å². The summed E-state index contributed by atoms with van der Waals surface area (Å²) in [4.78, 5) is 0. The third-order valence-corrected chi connectivity index (χ3v) is 13.3. The molecule has 3 heterocycles. The minimum Gasteiger partial charge on any atom is -0.491 e. The zero-order valence-corrected chi connectivity index (χ0v) is 38.3. The van der Waals surface area contributed by atoms with Crippen LogP contribution in [0.3, 0.4) is 0 Å². The molecule has 9 nitrogen and oxygen atoms in total. The molecule has 6 aromatic rings. The number of hydrogen-bond donors (Lipinski definition) is 0. The minimum absolute atomic E-state index is 0.185. The maximum atomic E-state index is 9.33. The van der Waals surface area contributed by atoms with E-state index < -0.39 is 22.4 Å². The quantitative estimate of drug-likeness (QED) is 0.0736. The number of rotatable bonds is 19. The van der Waals surface area contributed by atoms with Gasteiger partial charge in [0.15, 0.2) is 0 Å². The Labute approximate surface area is 377 Å². The zero-order valence-electron chi connectivity index (χ0n) is 38.3. The molecule has 3 fully saturated rings. The van der Waals surface area contributed by atoms with Gasteiger partial charge in [-0.3, -0.25) is 0 Å². The first-order chi connectivity index (χ1) is 30.5. The van der Waals surface area contributed by atoms with Crippen molar-refractivity contribution in [2.24, 2.45) is 0 Å². The maximum Gasteiger partial charge on any atom is 0.142 e. The Morgan fingerprint density at radius 2 is 0.891 bits per heavy atom. The molecular formula is C55H59NO8. The van der Waals surface area contributed by atoms with Crippen LogP contribution >= 0.6 is 0 Å². The molecule has 0 aliphatic carbocycles. The second kappa shape index (κ2) is 17.0. The van der Waals surface area contributed by atoms with Gasteiger partial charge in [0.05, 0.1) is 43.7 Å². The average Bonchev–Trinajstić information content (AvgIpc) is 4.10. The first kappa shape index (κ1) is 43.5. The summed E-state index contributed by atoms with van der Waals surface area (Å²) in [6.45, 7) is 19.5. The van der Waals surface area contributed by atoms with Crippen LogP contribution in [0.25, 0.3) is 21.5 Å². The Morgan fingerprint density at radius 1 is 0.484 bits per heavy atom. The van der Waals surface area contributed by atoms with Gasteiger partial charge in [-0.05, 0) is 166 Å². The molecule has 0 aromatic heterocycles. The number of fused-ring (bicyclic) bond motifs is 2. The molecule has 0 bridgehead atoms. The van der Waals surface area contributed by atoms with Gasteiger partial charge in [-0.1, -0.05) is 48.5 Å². The van der Waals surface area contributed by atoms with Crippen LogP contribution in [0.1, 0.15) is 83.2 Å². The molecule has 9 heteroatoms. The van der Waals surface area contributed by atoms with Crippen molar-refractivity contribution in [3.63, 3.8) is 0 Å². The Bertz CT molecular complexity index is 2720. The largest absolute Gasteiger partial charge is 0.491 e. The average molecular weight is 862 g/mol. The maximum absolute atomic E-state index is 9.33. The van der Waals surface area contributed by atoms with E-state index in [0.29, 0.717) is 12.2 Å². The first-order valence-electron chi connectivity index (χ1n) is 22.5. The highest BCUT2D eigenvalue weighted by Crippen LogP contribution is 2.39. The molecule has 0 saturated carbocycles. The zero-order chi connectivity index (χ0) is 44.9. The van der Waals surface area contributed by atoms with E-state index in [9.17, 15) is 5.26 Å². The highest BCUT2D eigenvalue weighted by molar-refractivity contribution is 5.86. The summed E-state index contributed by atoms with van der Waals surface area (Å²) in [5, 5.41) is 13.5. The van der Waals surface area contributed by atoms with E-state index in [2.05, 4.69) is 122 Å². The summed E-state index contributed by atoms with van der Waals surface area (Å²) in [5.41, 5.74) is 2.44. The SMILES string of the molecule is CC(C)(Oc1ccc2cc(C#N)ccc2c1)C(C)(C)Oc1ccc(Cc2ccc(OC(C)(C)C(C)(C)Oc3ccc4cc(OCC5CO5)ccc4c3)c(CC3CO3)c2)cc1CC1CO1.